The van der Waals surface area contributed by atoms with Gasteiger partial charge in [-0.3, -0.25) is 4.79 Å². The van der Waals surface area contributed by atoms with E-state index < -0.39 is 0 Å². The predicted molar refractivity (Wildman–Crippen MR) is 48.9 cm³/mol. The summed E-state index contributed by atoms with van der Waals surface area (Å²) in [4.78, 5) is 11.2. The SMILES string of the molecule is O=c1ccc(Br)nn1CC1CC1. The molecule has 1 aliphatic carbocycles. The van der Waals surface area contributed by atoms with Gasteiger partial charge in [-0.1, -0.05) is 0 Å². The lowest BCUT2D eigenvalue weighted by molar-refractivity contribution is 0.529. The average molecular weight is 229 g/mol. The molecule has 0 atom stereocenters. The van der Waals surface area contributed by atoms with Crippen LogP contribution >= 0.6 is 15.9 Å². The highest BCUT2D eigenvalue weighted by Crippen LogP contribution is 2.29. The second-order valence-electron chi connectivity index (χ2n) is 3.12. The molecule has 1 aromatic heterocycles. The first kappa shape index (κ1) is 7.98. The van der Waals surface area contributed by atoms with Gasteiger partial charge in [-0.25, -0.2) is 4.68 Å². The Balaban J connectivity index is 2.27. The van der Waals surface area contributed by atoms with Crippen LogP contribution in [0.1, 0.15) is 12.8 Å². The van der Waals surface area contributed by atoms with Gasteiger partial charge in [0.05, 0.1) is 0 Å². The van der Waals surface area contributed by atoms with E-state index in [0.717, 1.165) is 11.1 Å². The lowest BCUT2D eigenvalue weighted by Gasteiger charge is -2.01. The van der Waals surface area contributed by atoms with Crippen molar-refractivity contribution < 1.29 is 0 Å². The van der Waals surface area contributed by atoms with Crippen LogP contribution in [0.25, 0.3) is 0 Å². The summed E-state index contributed by atoms with van der Waals surface area (Å²) >= 11 is 3.24. The summed E-state index contributed by atoms with van der Waals surface area (Å²) in [6, 6.07) is 3.21. The van der Waals surface area contributed by atoms with Crippen LogP contribution in [0.15, 0.2) is 21.5 Å². The van der Waals surface area contributed by atoms with Crippen LogP contribution in [-0.2, 0) is 6.54 Å². The molecule has 0 radical (unpaired) electrons. The maximum absolute atomic E-state index is 11.2. The van der Waals surface area contributed by atoms with Crippen LogP contribution in [0.2, 0.25) is 0 Å². The minimum Gasteiger partial charge on any atom is -0.268 e. The third kappa shape index (κ3) is 1.75. The van der Waals surface area contributed by atoms with Gasteiger partial charge in [-0.15, -0.1) is 0 Å². The maximum atomic E-state index is 11.2. The molecule has 0 aromatic carbocycles. The van der Waals surface area contributed by atoms with E-state index in [4.69, 9.17) is 0 Å². The topological polar surface area (TPSA) is 34.9 Å². The molecule has 0 N–H and O–H groups in total. The molecule has 3 nitrogen and oxygen atoms in total. The van der Waals surface area contributed by atoms with Crippen LogP contribution in [0.5, 0.6) is 0 Å². The normalized spacial score (nSPS) is 16.4. The molecule has 4 heteroatoms. The highest BCUT2D eigenvalue weighted by atomic mass is 79.9. The standard InChI is InChI=1S/C8H9BrN2O/c9-7-3-4-8(12)11(10-7)5-6-1-2-6/h3-4,6H,1-2,5H2. The van der Waals surface area contributed by atoms with Gasteiger partial charge >= 0.3 is 0 Å². The Morgan fingerprint density at radius 1 is 1.58 bits per heavy atom. The molecule has 64 valence electrons. The zero-order valence-electron chi connectivity index (χ0n) is 6.53. The summed E-state index contributed by atoms with van der Waals surface area (Å²) in [5.74, 6) is 0.685. The van der Waals surface area contributed by atoms with Crippen molar-refractivity contribution in [1.82, 2.24) is 9.78 Å². The molecule has 0 spiro atoms. The van der Waals surface area contributed by atoms with Crippen LogP contribution in [0.3, 0.4) is 0 Å². The fraction of sp³-hybridized carbons (Fsp3) is 0.500. The molecule has 1 aromatic rings. The second kappa shape index (κ2) is 3.01. The van der Waals surface area contributed by atoms with Gasteiger partial charge in [-0.2, -0.15) is 5.10 Å². The first-order valence-electron chi connectivity index (χ1n) is 3.99. The third-order valence-electron chi connectivity index (χ3n) is 1.96. The van der Waals surface area contributed by atoms with Crippen molar-refractivity contribution in [3.05, 3.63) is 27.1 Å². The Morgan fingerprint density at radius 2 is 2.33 bits per heavy atom. The number of aromatic nitrogens is 2. The zero-order valence-corrected chi connectivity index (χ0v) is 8.12. The smallest absolute Gasteiger partial charge is 0.266 e. The molecule has 0 amide bonds. The Kier molecular flexibility index (Phi) is 2.00. The molecular weight excluding hydrogens is 220 g/mol. The average Bonchev–Trinajstić information content (AvgIpc) is 2.81. The van der Waals surface area contributed by atoms with Gasteiger partial charge in [0.25, 0.3) is 5.56 Å². The van der Waals surface area contributed by atoms with Crippen molar-refractivity contribution in [3.63, 3.8) is 0 Å². The van der Waals surface area contributed by atoms with Crippen molar-refractivity contribution in [2.24, 2.45) is 5.92 Å². The number of hydrogen-bond donors (Lipinski definition) is 0. The quantitative estimate of drug-likeness (QED) is 0.768. The van der Waals surface area contributed by atoms with Crippen LogP contribution < -0.4 is 5.56 Å². The molecule has 1 aliphatic rings. The van der Waals surface area contributed by atoms with E-state index in [1.165, 1.54) is 17.5 Å². The van der Waals surface area contributed by atoms with E-state index in [1.807, 2.05) is 0 Å². The van der Waals surface area contributed by atoms with Gasteiger partial charge in [0.1, 0.15) is 4.60 Å². The number of rotatable bonds is 2. The Morgan fingerprint density at radius 3 is 3.00 bits per heavy atom. The minimum absolute atomic E-state index is 0.00917. The van der Waals surface area contributed by atoms with E-state index in [-0.39, 0.29) is 5.56 Å². The monoisotopic (exact) mass is 228 g/mol. The fourth-order valence-corrected chi connectivity index (χ4v) is 1.42. The highest BCUT2D eigenvalue weighted by Gasteiger charge is 2.22. The first-order valence-corrected chi connectivity index (χ1v) is 4.78. The molecule has 1 fully saturated rings. The number of halogens is 1. The molecule has 0 saturated heterocycles. The van der Waals surface area contributed by atoms with E-state index in [0.29, 0.717) is 5.92 Å². The molecule has 12 heavy (non-hydrogen) atoms. The number of hydrogen-bond acceptors (Lipinski definition) is 2. The summed E-state index contributed by atoms with van der Waals surface area (Å²) in [5, 5.41) is 4.07. The van der Waals surface area contributed by atoms with Crippen molar-refractivity contribution >= 4 is 15.9 Å². The molecule has 2 rings (SSSR count). The van der Waals surface area contributed by atoms with Gasteiger partial charge in [-0.05, 0) is 40.8 Å². The fourth-order valence-electron chi connectivity index (χ4n) is 1.10. The molecule has 1 saturated carbocycles. The lowest BCUT2D eigenvalue weighted by atomic mass is 10.4. The van der Waals surface area contributed by atoms with E-state index >= 15 is 0 Å². The van der Waals surface area contributed by atoms with Gasteiger partial charge in [0.15, 0.2) is 0 Å². The molecule has 0 unspecified atom stereocenters. The summed E-state index contributed by atoms with van der Waals surface area (Å²) < 4.78 is 2.25. The van der Waals surface area contributed by atoms with E-state index in [1.54, 1.807) is 12.1 Å². The van der Waals surface area contributed by atoms with Gasteiger partial charge < -0.3 is 0 Å². The molecule has 0 bridgehead atoms. The Bertz CT molecular complexity index is 343. The van der Waals surface area contributed by atoms with Crippen LogP contribution in [0, 0.1) is 5.92 Å². The van der Waals surface area contributed by atoms with E-state index in [2.05, 4.69) is 21.0 Å². The maximum Gasteiger partial charge on any atom is 0.266 e. The van der Waals surface area contributed by atoms with Crippen LogP contribution in [-0.4, -0.2) is 9.78 Å². The largest absolute Gasteiger partial charge is 0.268 e. The predicted octanol–water partition coefficient (Wildman–Crippen LogP) is 1.42. The summed E-state index contributed by atoms with van der Waals surface area (Å²) in [6.45, 7) is 0.776. The van der Waals surface area contributed by atoms with Crippen molar-refractivity contribution in [2.45, 2.75) is 19.4 Å². The first-order chi connectivity index (χ1) is 5.75. The zero-order chi connectivity index (χ0) is 8.55. The summed E-state index contributed by atoms with van der Waals surface area (Å²) in [5.41, 5.74) is -0.00917. The van der Waals surface area contributed by atoms with Gasteiger partial charge in [0, 0.05) is 12.6 Å². The minimum atomic E-state index is -0.00917. The van der Waals surface area contributed by atoms with Gasteiger partial charge in [0.2, 0.25) is 0 Å². The Labute approximate surface area is 78.5 Å². The lowest BCUT2D eigenvalue weighted by Crippen LogP contribution is -2.22. The molecular formula is C8H9BrN2O. The van der Waals surface area contributed by atoms with E-state index in [9.17, 15) is 4.79 Å². The van der Waals surface area contributed by atoms with Crippen molar-refractivity contribution in [1.29, 1.82) is 0 Å². The van der Waals surface area contributed by atoms with Crippen molar-refractivity contribution in [2.75, 3.05) is 0 Å². The van der Waals surface area contributed by atoms with Crippen LogP contribution in [0.4, 0.5) is 0 Å². The third-order valence-corrected chi connectivity index (χ3v) is 2.39. The highest BCUT2D eigenvalue weighted by molar-refractivity contribution is 9.10. The second-order valence-corrected chi connectivity index (χ2v) is 3.93. The molecule has 1 heterocycles. The number of nitrogens with zero attached hydrogens (tertiary/aromatic N) is 2. The summed E-state index contributed by atoms with van der Waals surface area (Å²) in [6.07, 6.45) is 2.47. The molecule has 0 aliphatic heterocycles. The Hall–Kier alpha value is -0.640. The van der Waals surface area contributed by atoms with Crippen molar-refractivity contribution in [3.8, 4) is 0 Å². The summed E-state index contributed by atoms with van der Waals surface area (Å²) in [7, 11) is 0.